The minimum absolute atomic E-state index is 0.0296. The van der Waals surface area contributed by atoms with E-state index >= 15 is 0 Å². The Kier molecular flexibility index (Phi) is 9.45. The zero-order valence-electron chi connectivity index (χ0n) is 18.8. The molecular formula is C25H28N2O5. The molecule has 0 aliphatic carbocycles. The van der Waals surface area contributed by atoms with Gasteiger partial charge in [-0.15, -0.1) is 0 Å². The van der Waals surface area contributed by atoms with Gasteiger partial charge < -0.3 is 19.5 Å². The van der Waals surface area contributed by atoms with Crippen molar-refractivity contribution < 1.29 is 23.8 Å². The molecule has 0 heterocycles. The minimum atomic E-state index is -0.533. The van der Waals surface area contributed by atoms with Crippen molar-refractivity contribution in [1.29, 1.82) is 5.26 Å². The van der Waals surface area contributed by atoms with Crippen molar-refractivity contribution in [2.24, 2.45) is 0 Å². The smallest absolute Gasteiger partial charge is 0.349 e. The molecule has 0 radical (unpaired) electrons. The van der Waals surface area contributed by atoms with Gasteiger partial charge in [0.25, 0.3) is 5.91 Å². The predicted molar refractivity (Wildman–Crippen MR) is 121 cm³/mol. The number of nitrogens with zero attached hydrogens (tertiary/aromatic N) is 1. The Balaban J connectivity index is 1.91. The van der Waals surface area contributed by atoms with Gasteiger partial charge >= 0.3 is 5.97 Å². The quantitative estimate of drug-likeness (QED) is 0.200. The summed E-state index contributed by atoms with van der Waals surface area (Å²) < 4.78 is 15.7. The molecule has 168 valence electrons. The van der Waals surface area contributed by atoms with Crippen LogP contribution in [0.4, 0.5) is 0 Å². The number of aryl methyl sites for hydroxylation is 1. The molecule has 1 amide bonds. The third-order valence-electron chi connectivity index (χ3n) is 4.60. The van der Waals surface area contributed by atoms with E-state index in [1.807, 2.05) is 31.2 Å². The average molecular weight is 437 g/mol. The fourth-order valence-corrected chi connectivity index (χ4v) is 3.00. The predicted octanol–water partition coefficient (Wildman–Crippen LogP) is 3.77. The highest BCUT2D eigenvalue weighted by atomic mass is 16.6. The molecule has 0 fully saturated rings. The zero-order chi connectivity index (χ0) is 23.5. The van der Waals surface area contributed by atoms with Gasteiger partial charge in [0.1, 0.15) is 23.1 Å². The summed E-state index contributed by atoms with van der Waals surface area (Å²) in [5.74, 6) is 0.353. The molecule has 7 heteroatoms. The Morgan fingerprint density at radius 3 is 2.41 bits per heavy atom. The molecule has 32 heavy (non-hydrogen) atoms. The van der Waals surface area contributed by atoms with E-state index in [9.17, 15) is 14.9 Å². The van der Waals surface area contributed by atoms with Crippen molar-refractivity contribution in [3.05, 3.63) is 64.7 Å². The molecule has 0 saturated heterocycles. The van der Waals surface area contributed by atoms with Crippen LogP contribution >= 0.6 is 0 Å². The summed E-state index contributed by atoms with van der Waals surface area (Å²) in [6, 6.07) is 14.1. The molecule has 0 aliphatic rings. The summed E-state index contributed by atoms with van der Waals surface area (Å²) in [6.45, 7) is 6.71. The van der Waals surface area contributed by atoms with Crippen LogP contribution in [-0.4, -0.2) is 38.7 Å². The molecule has 2 aromatic rings. The van der Waals surface area contributed by atoms with Crippen molar-refractivity contribution in [2.45, 2.75) is 26.7 Å². The van der Waals surface area contributed by atoms with E-state index in [4.69, 9.17) is 14.2 Å². The largest absolute Gasteiger partial charge is 0.482 e. The first-order chi connectivity index (χ1) is 15.3. The van der Waals surface area contributed by atoms with Gasteiger partial charge in [-0.2, -0.15) is 5.26 Å². The lowest BCUT2D eigenvalue weighted by Crippen LogP contribution is -2.27. The van der Waals surface area contributed by atoms with E-state index in [-0.39, 0.29) is 12.2 Å². The van der Waals surface area contributed by atoms with Gasteiger partial charge in [0.15, 0.2) is 6.61 Å². The second-order valence-corrected chi connectivity index (χ2v) is 7.42. The highest BCUT2D eigenvalue weighted by Gasteiger charge is 2.10. The van der Waals surface area contributed by atoms with Crippen LogP contribution in [0.2, 0.25) is 0 Å². The highest BCUT2D eigenvalue weighted by molar-refractivity contribution is 6.01. The second-order valence-electron chi connectivity index (χ2n) is 7.42. The van der Waals surface area contributed by atoms with E-state index in [0.717, 1.165) is 5.56 Å². The Hall–Kier alpha value is -3.63. The van der Waals surface area contributed by atoms with Crippen molar-refractivity contribution >= 4 is 18.0 Å². The van der Waals surface area contributed by atoms with Crippen LogP contribution < -0.4 is 14.8 Å². The van der Waals surface area contributed by atoms with Gasteiger partial charge in [-0.25, -0.2) is 4.79 Å². The number of nitrogens with one attached hydrogen (secondary N) is 1. The number of hydrogen-bond donors (Lipinski definition) is 1. The maximum Gasteiger partial charge on any atom is 0.349 e. The number of methoxy groups -OCH3 is 1. The van der Waals surface area contributed by atoms with Gasteiger partial charge in [-0.1, -0.05) is 32.0 Å². The van der Waals surface area contributed by atoms with Gasteiger partial charge in [0, 0.05) is 13.7 Å². The summed E-state index contributed by atoms with van der Waals surface area (Å²) in [5.41, 5.74) is 2.94. The third kappa shape index (κ3) is 7.56. The molecule has 1 N–H and O–H groups in total. The van der Waals surface area contributed by atoms with Gasteiger partial charge in [0.2, 0.25) is 0 Å². The topological polar surface area (TPSA) is 97.6 Å². The van der Waals surface area contributed by atoms with Crippen molar-refractivity contribution in [1.82, 2.24) is 5.32 Å². The standard InChI is InChI=1S/C25H28N2O5/c1-17(2)23-10-9-22(13-18(23)3)31-16-24(28)32-21-7-5-19(6-8-21)14-20(15-26)25(29)27-11-12-30-4/h5-10,13-14,17H,11-12,16H2,1-4H3,(H,27,29)/b20-14+. The number of amides is 1. The summed E-state index contributed by atoms with van der Waals surface area (Å²) in [7, 11) is 1.53. The average Bonchev–Trinajstić information content (AvgIpc) is 2.77. The molecule has 0 unspecified atom stereocenters. The first-order valence-corrected chi connectivity index (χ1v) is 10.3. The fourth-order valence-electron chi connectivity index (χ4n) is 3.00. The van der Waals surface area contributed by atoms with Crippen molar-refractivity contribution in [3.63, 3.8) is 0 Å². The molecule has 0 aliphatic heterocycles. The fraction of sp³-hybridized carbons (Fsp3) is 0.320. The second kappa shape index (κ2) is 12.3. The lowest BCUT2D eigenvalue weighted by atomic mass is 9.98. The number of ether oxygens (including phenoxy) is 3. The molecule has 0 bridgehead atoms. The van der Waals surface area contributed by atoms with Crippen molar-refractivity contribution in [3.8, 4) is 17.6 Å². The van der Waals surface area contributed by atoms with Crippen LogP contribution in [0.25, 0.3) is 6.08 Å². The number of esters is 1. The molecule has 7 nitrogen and oxygen atoms in total. The van der Waals surface area contributed by atoms with E-state index in [1.165, 1.54) is 18.7 Å². The number of rotatable bonds is 10. The number of hydrogen-bond acceptors (Lipinski definition) is 6. The van der Waals surface area contributed by atoms with Crippen LogP contribution in [0.5, 0.6) is 11.5 Å². The molecule has 0 saturated carbocycles. The molecular weight excluding hydrogens is 408 g/mol. The van der Waals surface area contributed by atoms with E-state index < -0.39 is 11.9 Å². The lowest BCUT2D eigenvalue weighted by molar-refractivity contribution is -0.136. The van der Waals surface area contributed by atoms with Gasteiger partial charge in [-0.05, 0) is 59.9 Å². The van der Waals surface area contributed by atoms with Gasteiger partial charge in [0.05, 0.1) is 6.61 Å². The molecule has 2 aromatic carbocycles. The molecule has 0 aromatic heterocycles. The van der Waals surface area contributed by atoms with E-state index in [1.54, 1.807) is 24.3 Å². The molecule has 2 rings (SSSR count). The SMILES string of the molecule is COCCNC(=O)/C(C#N)=C/c1ccc(OC(=O)COc2ccc(C(C)C)c(C)c2)cc1. The maximum absolute atomic E-state index is 12.1. The van der Waals surface area contributed by atoms with Crippen LogP contribution in [0.1, 0.15) is 36.5 Å². The number of nitriles is 1. The zero-order valence-corrected chi connectivity index (χ0v) is 18.8. The Bertz CT molecular complexity index is 1000. The Morgan fingerprint density at radius 2 is 1.81 bits per heavy atom. The van der Waals surface area contributed by atoms with Gasteiger partial charge in [-0.3, -0.25) is 4.79 Å². The Morgan fingerprint density at radius 1 is 1.12 bits per heavy atom. The number of benzene rings is 2. The first-order valence-electron chi connectivity index (χ1n) is 10.3. The summed E-state index contributed by atoms with van der Waals surface area (Å²) in [5, 5.41) is 11.8. The highest BCUT2D eigenvalue weighted by Crippen LogP contribution is 2.23. The number of carbonyl (C=O) groups is 2. The van der Waals surface area contributed by atoms with Crippen LogP contribution in [0.3, 0.4) is 0 Å². The lowest BCUT2D eigenvalue weighted by Gasteiger charge is -2.12. The van der Waals surface area contributed by atoms with Crippen LogP contribution in [0.15, 0.2) is 48.0 Å². The number of carbonyl (C=O) groups excluding carboxylic acids is 2. The monoisotopic (exact) mass is 436 g/mol. The normalized spacial score (nSPS) is 11.1. The Labute approximate surface area is 188 Å². The van der Waals surface area contributed by atoms with Crippen molar-refractivity contribution in [2.75, 3.05) is 26.9 Å². The maximum atomic E-state index is 12.1. The van der Waals surface area contributed by atoms with Crippen LogP contribution in [0, 0.1) is 18.3 Å². The summed E-state index contributed by atoms with van der Waals surface area (Å²) >= 11 is 0. The molecule has 0 spiro atoms. The first kappa shape index (κ1) is 24.6. The summed E-state index contributed by atoms with van der Waals surface area (Å²) in [4.78, 5) is 24.1. The molecule has 0 atom stereocenters. The van der Waals surface area contributed by atoms with Crippen LogP contribution in [-0.2, 0) is 14.3 Å². The summed E-state index contributed by atoms with van der Waals surface area (Å²) in [6.07, 6.45) is 1.46. The van der Waals surface area contributed by atoms with E-state index in [0.29, 0.717) is 36.1 Å². The third-order valence-corrected chi connectivity index (χ3v) is 4.60. The minimum Gasteiger partial charge on any atom is -0.482 e. The van der Waals surface area contributed by atoms with E-state index in [2.05, 4.69) is 19.2 Å².